The standard InChI is InChI=1S/C19H22N2O6S/c1-12-8-15(5-7-16(12)25-3)28(23,24)21-13(2)19(22)20-10-14-4-6-17-18(9-14)27-11-26-17/h4-9,13,21H,10-11H2,1-3H3,(H,20,22)/t13-/m0/s1. The second-order valence-electron chi connectivity index (χ2n) is 6.38. The van der Waals surface area contributed by atoms with Crippen LogP contribution >= 0.6 is 0 Å². The van der Waals surface area contributed by atoms with E-state index in [1.165, 1.54) is 26.2 Å². The van der Waals surface area contributed by atoms with Crippen LogP contribution in [0.25, 0.3) is 0 Å². The monoisotopic (exact) mass is 406 g/mol. The van der Waals surface area contributed by atoms with Crippen molar-refractivity contribution in [3.8, 4) is 17.2 Å². The lowest BCUT2D eigenvalue weighted by Gasteiger charge is -2.15. The highest BCUT2D eigenvalue weighted by atomic mass is 32.2. The van der Waals surface area contributed by atoms with Gasteiger partial charge in [0.05, 0.1) is 18.0 Å². The number of fused-ring (bicyclic) bond motifs is 1. The molecule has 0 bridgehead atoms. The van der Waals surface area contributed by atoms with Gasteiger partial charge in [0, 0.05) is 6.54 Å². The summed E-state index contributed by atoms with van der Waals surface area (Å²) in [5, 5.41) is 2.71. The summed E-state index contributed by atoms with van der Waals surface area (Å²) in [5.41, 5.74) is 1.50. The molecule has 0 aliphatic carbocycles. The third kappa shape index (κ3) is 4.37. The summed E-state index contributed by atoms with van der Waals surface area (Å²) in [7, 11) is -2.33. The van der Waals surface area contributed by atoms with Crippen LogP contribution in [0, 0.1) is 6.92 Å². The van der Waals surface area contributed by atoms with Gasteiger partial charge < -0.3 is 19.5 Å². The van der Waals surface area contributed by atoms with Crippen molar-refractivity contribution in [1.29, 1.82) is 0 Å². The Morgan fingerprint density at radius 1 is 1.18 bits per heavy atom. The van der Waals surface area contributed by atoms with Crippen LogP contribution in [-0.4, -0.2) is 34.3 Å². The fourth-order valence-electron chi connectivity index (χ4n) is 2.77. The Labute approximate surface area is 163 Å². The minimum atomic E-state index is -3.85. The molecule has 28 heavy (non-hydrogen) atoms. The van der Waals surface area contributed by atoms with Gasteiger partial charge in [-0.15, -0.1) is 0 Å². The number of aryl methyl sites for hydroxylation is 1. The minimum Gasteiger partial charge on any atom is -0.496 e. The molecule has 3 rings (SSSR count). The number of benzene rings is 2. The maximum absolute atomic E-state index is 12.5. The zero-order chi connectivity index (χ0) is 20.3. The molecule has 0 aromatic heterocycles. The first-order chi connectivity index (χ1) is 13.3. The lowest BCUT2D eigenvalue weighted by Crippen LogP contribution is -2.44. The smallest absolute Gasteiger partial charge is 0.241 e. The van der Waals surface area contributed by atoms with Gasteiger partial charge in [-0.3, -0.25) is 4.79 Å². The number of sulfonamides is 1. The molecule has 0 radical (unpaired) electrons. The first-order valence-corrected chi connectivity index (χ1v) is 10.1. The molecule has 0 unspecified atom stereocenters. The van der Waals surface area contributed by atoms with Crippen molar-refractivity contribution in [2.24, 2.45) is 0 Å². The van der Waals surface area contributed by atoms with Gasteiger partial charge in [-0.05, 0) is 55.3 Å². The molecule has 2 N–H and O–H groups in total. The largest absolute Gasteiger partial charge is 0.496 e. The number of carbonyl (C=O) groups is 1. The van der Waals surface area contributed by atoms with Crippen molar-refractivity contribution < 1.29 is 27.4 Å². The van der Waals surface area contributed by atoms with Crippen LogP contribution in [0.5, 0.6) is 17.2 Å². The van der Waals surface area contributed by atoms with E-state index in [4.69, 9.17) is 14.2 Å². The Kier molecular flexibility index (Phi) is 5.76. The average Bonchev–Trinajstić information content (AvgIpc) is 3.13. The quantitative estimate of drug-likeness (QED) is 0.726. The van der Waals surface area contributed by atoms with Gasteiger partial charge in [-0.2, -0.15) is 4.72 Å². The van der Waals surface area contributed by atoms with Crippen LogP contribution in [0.1, 0.15) is 18.1 Å². The van der Waals surface area contributed by atoms with E-state index < -0.39 is 22.0 Å². The number of amides is 1. The summed E-state index contributed by atoms with van der Waals surface area (Å²) in [6, 6.07) is 8.92. The van der Waals surface area contributed by atoms with Crippen molar-refractivity contribution in [3.63, 3.8) is 0 Å². The van der Waals surface area contributed by atoms with Crippen LogP contribution < -0.4 is 24.2 Å². The van der Waals surface area contributed by atoms with Crippen molar-refractivity contribution >= 4 is 15.9 Å². The number of rotatable bonds is 7. The second-order valence-corrected chi connectivity index (χ2v) is 8.09. The number of nitrogens with one attached hydrogen (secondary N) is 2. The first kappa shape index (κ1) is 20.0. The van der Waals surface area contributed by atoms with E-state index in [0.29, 0.717) is 22.8 Å². The van der Waals surface area contributed by atoms with E-state index in [2.05, 4.69) is 10.0 Å². The molecule has 0 saturated heterocycles. The molecule has 1 aliphatic rings. The number of methoxy groups -OCH3 is 1. The van der Waals surface area contributed by atoms with Crippen LogP contribution in [-0.2, 0) is 21.4 Å². The van der Waals surface area contributed by atoms with Gasteiger partial charge in [0.25, 0.3) is 0 Å². The second kappa shape index (κ2) is 8.07. The molecular formula is C19H22N2O6S. The molecule has 9 heteroatoms. The van der Waals surface area contributed by atoms with Crippen LogP contribution in [0.2, 0.25) is 0 Å². The number of carbonyl (C=O) groups excluding carboxylic acids is 1. The normalized spacial score (nSPS) is 13.8. The Morgan fingerprint density at radius 3 is 2.64 bits per heavy atom. The molecule has 2 aromatic carbocycles. The van der Waals surface area contributed by atoms with E-state index in [0.717, 1.165) is 5.56 Å². The Morgan fingerprint density at radius 2 is 1.93 bits per heavy atom. The minimum absolute atomic E-state index is 0.0706. The van der Waals surface area contributed by atoms with Gasteiger partial charge in [0.2, 0.25) is 22.7 Å². The van der Waals surface area contributed by atoms with Crippen molar-refractivity contribution in [1.82, 2.24) is 10.0 Å². The van der Waals surface area contributed by atoms with Gasteiger partial charge in [0.15, 0.2) is 11.5 Å². The van der Waals surface area contributed by atoms with Crippen LogP contribution in [0.3, 0.4) is 0 Å². The fourth-order valence-corrected chi connectivity index (χ4v) is 4.05. The molecule has 150 valence electrons. The van der Waals surface area contributed by atoms with E-state index in [9.17, 15) is 13.2 Å². The van der Waals surface area contributed by atoms with Gasteiger partial charge >= 0.3 is 0 Å². The first-order valence-electron chi connectivity index (χ1n) is 8.63. The van der Waals surface area contributed by atoms with E-state index in [1.54, 1.807) is 25.1 Å². The molecule has 1 amide bonds. The Balaban J connectivity index is 1.60. The van der Waals surface area contributed by atoms with Gasteiger partial charge in [0.1, 0.15) is 5.75 Å². The third-order valence-corrected chi connectivity index (χ3v) is 5.84. The van der Waals surface area contributed by atoms with Crippen molar-refractivity contribution in [2.45, 2.75) is 31.3 Å². The van der Waals surface area contributed by atoms with Crippen molar-refractivity contribution in [2.75, 3.05) is 13.9 Å². The predicted molar refractivity (Wildman–Crippen MR) is 102 cm³/mol. The molecule has 1 atom stereocenters. The molecule has 1 heterocycles. The number of ether oxygens (including phenoxy) is 3. The maximum Gasteiger partial charge on any atom is 0.241 e. The molecule has 8 nitrogen and oxygen atoms in total. The van der Waals surface area contributed by atoms with Gasteiger partial charge in [-0.25, -0.2) is 8.42 Å². The number of hydrogen-bond donors (Lipinski definition) is 2. The van der Waals surface area contributed by atoms with E-state index >= 15 is 0 Å². The molecule has 0 saturated carbocycles. The lowest BCUT2D eigenvalue weighted by atomic mass is 10.2. The SMILES string of the molecule is COc1ccc(S(=O)(=O)N[C@@H](C)C(=O)NCc2ccc3c(c2)OCO3)cc1C. The number of hydrogen-bond acceptors (Lipinski definition) is 6. The summed E-state index contributed by atoms with van der Waals surface area (Å²) < 4.78 is 43.1. The third-order valence-electron chi connectivity index (χ3n) is 4.31. The molecule has 0 fully saturated rings. The summed E-state index contributed by atoms with van der Waals surface area (Å²) in [6.45, 7) is 3.65. The lowest BCUT2D eigenvalue weighted by molar-refractivity contribution is -0.122. The predicted octanol–water partition coefficient (Wildman–Crippen LogP) is 1.72. The van der Waals surface area contributed by atoms with E-state index in [-0.39, 0.29) is 18.2 Å². The fraction of sp³-hybridized carbons (Fsp3) is 0.316. The van der Waals surface area contributed by atoms with Crippen LogP contribution in [0.4, 0.5) is 0 Å². The summed E-state index contributed by atoms with van der Waals surface area (Å²) in [5.74, 6) is 1.43. The zero-order valence-electron chi connectivity index (χ0n) is 15.8. The summed E-state index contributed by atoms with van der Waals surface area (Å²) >= 11 is 0. The molecule has 0 spiro atoms. The van der Waals surface area contributed by atoms with Crippen LogP contribution in [0.15, 0.2) is 41.3 Å². The highest BCUT2D eigenvalue weighted by Gasteiger charge is 2.23. The highest BCUT2D eigenvalue weighted by Crippen LogP contribution is 2.32. The molecule has 2 aromatic rings. The van der Waals surface area contributed by atoms with Gasteiger partial charge in [-0.1, -0.05) is 6.07 Å². The summed E-state index contributed by atoms with van der Waals surface area (Å²) in [4.78, 5) is 12.4. The molecule has 1 aliphatic heterocycles. The van der Waals surface area contributed by atoms with E-state index in [1.807, 2.05) is 6.07 Å². The van der Waals surface area contributed by atoms with Crippen molar-refractivity contribution in [3.05, 3.63) is 47.5 Å². The average molecular weight is 406 g/mol. The topological polar surface area (TPSA) is 103 Å². The summed E-state index contributed by atoms with van der Waals surface area (Å²) in [6.07, 6.45) is 0. The Hall–Kier alpha value is -2.78. The highest BCUT2D eigenvalue weighted by molar-refractivity contribution is 7.89. The Bertz CT molecular complexity index is 990. The molecular weight excluding hydrogens is 384 g/mol. The maximum atomic E-state index is 12.5. The zero-order valence-corrected chi connectivity index (χ0v) is 16.6.